The van der Waals surface area contributed by atoms with Crippen LogP contribution in [0.3, 0.4) is 0 Å². The van der Waals surface area contributed by atoms with Crippen LogP contribution in [-0.4, -0.2) is 37.1 Å². The molecule has 3 nitrogen and oxygen atoms in total. The van der Waals surface area contributed by atoms with Crippen LogP contribution in [0.5, 0.6) is 0 Å². The van der Waals surface area contributed by atoms with Crippen molar-refractivity contribution in [1.29, 1.82) is 0 Å². The molecule has 2 rings (SSSR count). The van der Waals surface area contributed by atoms with Crippen LogP contribution >= 0.6 is 11.6 Å². The van der Waals surface area contributed by atoms with Crippen molar-refractivity contribution >= 4 is 17.3 Å². The third-order valence-corrected chi connectivity index (χ3v) is 3.44. The molecule has 1 aromatic rings. The molecular formula is C12H18ClN3. The molecule has 0 bridgehead atoms. The highest BCUT2D eigenvalue weighted by Gasteiger charge is 2.35. The summed E-state index contributed by atoms with van der Waals surface area (Å²) in [5.74, 6) is 0. The van der Waals surface area contributed by atoms with Crippen LogP contribution in [0.4, 0.5) is 5.69 Å². The molecule has 1 aromatic carbocycles. The lowest BCUT2D eigenvalue weighted by Crippen LogP contribution is -2.47. The van der Waals surface area contributed by atoms with Crippen molar-refractivity contribution < 1.29 is 0 Å². The maximum absolute atomic E-state index is 5.89. The molecule has 0 radical (unpaired) electrons. The number of nitrogens with one attached hydrogen (secondary N) is 1. The van der Waals surface area contributed by atoms with Gasteiger partial charge in [0.1, 0.15) is 0 Å². The molecule has 0 aromatic heterocycles. The van der Waals surface area contributed by atoms with E-state index >= 15 is 0 Å². The van der Waals surface area contributed by atoms with Gasteiger partial charge in [-0.2, -0.15) is 0 Å². The quantitative estimate of drug-likeness (QED) is 0.845. The summed E-state index contributed by atoms with van der Waals surface area (Å²) in [7, 11) is 2.13. The third-order valence-electron chi connectivity index (χ3n) is 3.19. The van der Waals surface area contributed by atoms with Gasteiger partial charge < -0.3 is 16.0 Å². The fourth-order valence-corrected chi connectivity index (χ4v) is 2.36. The van der Waals surface area contributed by atoms with Crippen molar-refractivity contribution in [2.75, 3.05) is 32.0 Å². The second-order valence-corrected chi connectivity index (χ2v) is 5.04. The summed E-state index contributed by atoms with van der Waals surface area (Å²) < 4.78 is 0. The molecule has 4 heteroatoms. The molecule has 1 unspecified atom stereocenters. The predicted octanol–water partition coefficient (Wildman–Crippen LogP) is 1.78. The number of nitrogens with two attached hydrogens (primary N) is 1. The highest BCUT2D eigenvalue weighted by atomic mass is 35.5. The number of anilines is 1. The van der Waals surface area contributed by atoms with E-state index in [1.165, 1.54) is 0 Å². The molecule has 3 N–H and O–H groups in total. The first-order chi connectivity index (χ1) is 7.63. The van der Waals surface area contributed by atoms with Crippen molar-refractivity contribution in [2.45, 2.75) is 12.0 Å². The minimum Gasteiger partial charge on any atom is -0.377 e. The maximum Gasteiger partial charge on any atom is 0.0634 e. The van der Waals surface area contributed by atoms with E-state index in [-0.39, 0.29) is 5.54 Å². The Balaban J connectivity index is 2.10. The van der Waals surface area contributed by atoms with Crippen LogP contribution in [-0.2, 0) is 0 Å². The molecule has 1 saturated heterocycles. The Morgan fingerprint density at radius 3 is 2.62 bits per heavy atom. The van der Waals surface area contributed by atoms with Gasteiger partial charge in [-0.25, -0.2) is 0 Å². The van der Waals surface area contributed by atoms with E-state index in [0.717, 1.165) is 30.2 Å². The smallest absolute Gasteiger partial charge is 0.0634 e. The summed E-state index contributed by atoms with van der Waals surface area (Å²) in [6, 6.07) is 7.79. The average Bonchev–Trinajstić information content (AvgIpc) is 2.64. The summed E-state index contributed by atoms with van der Waals surface area (Å²) in [5, 5.41) is 4.30. The number of benzene rings is 1. The lowest BCUT2D eigenvalue weighted by molar-refractivity contribution is 0.385. The van der Waals surface area contributed by atoms with E-state index in [1.54, 1.807) is 0 Å². The van der Waals surface area contributed by atoms with Crippen molar-refractivity contribution in [2.24, 2.45) is 5.73 Å². The molecule has 1 heterocycles. The second-order valence-electron chi connectivity index (χ2n) is 4.60. The first-order valence-electron chi connectivity index (χ1n) is 5.56. The first kappa shape index (κ1) is 11.7. The lowest BCUT2D eigenvalue weighted by Gasteiger charge is -2.30. The van der Waals surface area contributed by atoms with Crippen molar-refractivity contribution in [3.63, 3.8) is 0 Å². The summed E-state index contributed by atoms with van der Waals surface area (Å²) in [5.41, 5.74) is 7.00. The predicted molar refractivity (Wildman–Crippen MR) is 69.0 cm³/mol. The van der Waals surface area contributed by atoms with Gasteiger partial charge in [-0.15, -0.1) is 0 Å². The van der Waals surface area contributed by atoms with E-state index in [1.807, 2.05) is 24.3 Å². The summed E-state index contributed by atoms with van der Waals surface area (Å²) >= 11 is 5.86. The van der Waals surface area contributed by atoms with Crippen LogP contribution in [0.1, 0.15) is 6.42 Å². The second kappa shape index (κ2) is 4.62. The molecule has 1 aliphatic rings. The molecular weight excluding hydrogens is 222 g/mol. The topological polar surface area (TPSA) is 41.3 Å². The van der Waals surface area contributed by atoms with Crippen LogP contribution in [0.25, 0.3) is 0 Å². The Morgan fingerprint density at radius 2 is 2.12 bits per heavy atom. The van der Waals surface area contributed by atoms with Gasteiger partial charge in [0.15, 0.2) is 0 Å². The Morgan fingerprint density at radius 1 is 1.44 bits per heavy atom. The lowest BCUT2D eigenvalue weighted by atomic mass is 9.98. The number of likely N-dealkylation sites (tertiary alicyclic amines) is 1. The Kier molecular flexibility index (Phi) is 3.38. The van der Waals surface area contributed by atoms with Crippen LogP contribution in [0, 0.1) is 0 Å². The fraction of sp³-hybridized carbons (Fsp3) is 0.500. The fourth-order valence-electron chi connectivity index (χ4n) is 2.24. The Hall–Kier alpha value is -0.770. The van der Waals surface area contributed by atoms with E-state index in [0.29, 0.717) is 6.54 Å². The van der Waals surface area contributed by atoms with Gasteiger partial charge in [0.05, 0.1) is 5.54 Å². The molecule has 1 aliphatic heterocycles. The minimum absolute atomic E-state index is 0.0164. The Bertz CT molecular complexity index is 352. The first-order valence-corrected chi connectivity index (χ1v) is 5.94. The van der Waals surface area contributed by atoms with Crippen LogP contribution in [0.15, 0.2) is 24.3 Å². The summed E-state index contributed by atoms with van der Waals surface area (Å²) in [6.07, 6.45) is 1.09. The minimum atomic E-state index is 0.0164. The average molecular weight is 240 g/mol. The Labute approximate surface area is 102 Å². The highest BCUT2D eigenvalue weighted by molar-refractivity contribution is 6.30. The molecule has 0 saturated carbocycles. The number of halogens is 1. The number of hydrogen-bond acceptors (Lipinski definition) is 3. The van der Waals surface area contributed by atoms with Crippen LogP contribution < -0.4 is 11.1 Å². The van der Waals surface area contributed by atoms with Gasteiger partial charge >= 0.3 is 0 Å². The zero-order chi connectivity index (χ0) is 11.6. The van der Waals surface area contributed by atoms with Gasteiger partial charge in [-0.05, 0) is 37.7 Å². The SMILES string of the molecule is CN1CCC(CN)(Nc2ccc(Cl)cc2)C1. The van der Waals surface area contributed by atoms with Crippen molar-refractivity contribution in [1.82, 2.24) is 4.90 Å². The molecule has 0 amide bonds. The largest absolute Gasteiger partial charge is 0.377 e. The number of rotatable bonds is 3. The third kappa shape index (κ3) is 2.48. The molecule has 16 heavy (non-hydrogen) atoms. The normalized spacial score (nSPS) is 25.9. The number of likely N-dealkylation sites (N-methyl/N-ethyl adjacent to an activating group) is 1. The van der Waals surface area contributed by atoms with E-state index in [9.17, 15) is 0 Å². The molecule has 88 valence electrons. The van der Waals surface area contributed by atoms with Crippen molar-refractivity contribution in [3.8, 4) is 0 Å². The van der Waals surface area contributed by atoms with Gasteiger partial charge in [-0.1, -0.05) is 11.6 Å². The van der Waals surface area contributed by atoms with Gasteiger partial charge in [0.25, 0.3) is 0 Å². The molecule has 0 aliphatic carbocycles. The maximum atomic E-state index is 5.89. The molecule has 0 spiro atoms. The van der Waals surface area contributed by atoms with Gasteiger partial charge in [0, 0.05) is 30.3 Å². The highest BCUT2D eigenvalue weighted by Crippen LogP contribution is 2.25. The zero-order valence-electron chi connectivity index (χ0n) is 9.54. The van der Waals surface area contributed by atoms with E-state index in [2.05, 4.69) is 17.3 Å². The molecule has 1 fully saturated rings. The number of hydrogen-bond donors (Lipinski definition) is 2. The van der Waals surface area contributed by atoms with Crippen molar-refractivity contribution in [3.05, 3.63) is 29.3 Å². The zero-order valence-corrected chi connectivity index (χ0v) is 10.3. The number of nitrogens with zero attached hydrogens (tertiary/aromatic N) is 1. The van der Waals surface area contributed by atoms with Gasteiger partial charge in [0.2, 0.25) is 0 Å². The molecule has 1 atom stereocenters. The van der Waals surface area contributed by atoms with Gasteiger partial charge in [-0.3, -0.25) is 0 Å². The standard InChI is InChI=1S/C12H18ClN3/c1-16-7-6-12(8-14,9-16)15-11-4-2-10(13)3-5-11/h2-5,15H,6-9,14H2,1H3. The summed E-state index contributed by atoms with van der Waals surface area (Å²) in [6.45, 7) is 2.74. The van der Waals surface area contributed by atoms with E-state index < -0.39 is 0 Å². The monoisotopic (exact) mass is 239 g/mol. The van der Waals surface area contributed by atoms with E-state index in [4.69, 9.17) is 17.3 Å². The van der Waals surface area contributed by atoms with Crippen LogP contribution in [0.2, 0.25) is 5.02 Å². The summed E-state index contributed by atoms with van der Waals surface area (Å²) in [4.78, 5) is 2.30.